The third kappa shape index (κ3) is 6.76. The summed E-state index contributed by atoms with van der Waals surface area (Å²) < 4.78 is 34.8. The average molecular weight is 463 g/mol. The van der Waals surface area contributed by atoms with Gasteiger partial charge in [-0.2, -0.15) is 8.42 Å². The van der Waals surface area contributed by atoms with Gasteiger partial charge in [0.05, 0.1) is 6.61 Å². The predicted molar refractivity (Wildman–Crippen MR) is 125 cm³/mol. The van der Waals surface area contributed by atoms with Crippen molar-refractivity contribution in [1.82, 2.24) is 4.72 Å². The van der Waals surface area contributed by atoms with Crippen molar-refractivity contribution >= 4 is 35.0 Å². The van der Waals surface area contributed by atoms with Crippen LogP contribution in [0.1, 0.15) is 27.7 Å². The second kappa shape index (κ2) is 10.2. The van der Waals surface area contributed by atoms with Crippen LogP contribution in [0, 0.1) is 0 Å². The van der Waals surface area contributed by atoms with Gasteiger partial charge in [-0.15, -0.1) is 0 Å². The minimum atomic E-state index is -4.15. The predicted octanol–water partition coefficient (Wildman–Crippen LogP) is 2.44. The van der Waals surface area contributed by atoms with Gasteiger partial charge in [-0.05, 0) is 34.0 Å². The van der Waals surface area contributed by atoms with Gasteiger partial charge in [0, 0.05) is 0 Å². The van der Waals surface area contributed by atoms with E-state index < -0.39 is 24.6 Å². The Kier molecular flexibility index (Phi) is 8.19. The zero-order valence-electron chi connectivity index (χ0n) is 18.3. The lowest BCUT2D eigenvalue weighted by atomic mass is 10.2. The molecule has 0 saturated carbocycles. The first-order valence-electron chi connectivity index (χ1n) is 9.83. The van der Waals surface area contributed by atoms with Gasteiger partial charge in [-0.25, -0.2) is 14.7 Å². The molecule has 0 spiro atoms. The van der Waals surface area contributed by atoms with Crippen molar-refractivity contribution in [2.24, 2.45) is 5.14 Å². The Morgan fingerprint density at radius 3 is 1.94 bits per heavy atom. The lowest BCUT2D eigenvalue weighted by Crippen LogP contribution is -2.66. The van der Waals surface area contributed by atoms with Crippen molar-refractivity contribution < 1.29 is 22.4 Å². The largest absolute Gasteiger partial charge is 0.445 e. The zero-order chi connectivity index (χ0) is 23.1. The molecule has 0 aliphatic heterocycles. The maximum absolute atomic E-state index is 11.4. The van der Waals surface area contributed by atoms with E-state index >= 15 is 0 Å². The van der Waals surface area contributed by atoms with Crippen LogP contribution >= 0.6 is 0 Å². The third-order valence-corrected chi connectivity index (χ3v) is 10.2. The highest BCUT2D eigenvalue weighted by Gasteiger charge is 2.50. The Balaban J connectivity index is 2.26. The van der Waals surface area contributed by atoms with Gasteiger partial charge in [0.1, 0.15) is 6.61 Å². The molecule has 0 aliphatic carbocycles. The lowest BCUT2D eigenvalue weighted by Gasteiger charge is -2.43. The monoisotopic (exact) mass is 462 g/mol. The molecule has 3 N–H and O–H groups in total. The molecular weight excluding hydrogens is 432 g/mol. The Labute approximate surface area is 185 Å². The quantitative estimate of drug-likeness (QED) is 0.463. The van der Waals surface area contributed by atoms with Crippen molar-refractivity contribution in [3.8, 4) is 0 Å². The normalized spacial score (nSPS) is 13.0. The standard InChI is InChI=1S/C22H30N2O5SSi/c1-18(15-16-28-21(25)24-30(23,26)27)17-29-31(22(2,3)4,19-11-7-5-8-12-19)20-13-9-6-10-14-20/h5-15H,16-17H2,1-4H3,(H,24,25)(H2,23,26,27)/b18-15+. The first kappa shape index (κ1) is 24.8. The van der Waals surface area contributed by atoms with Gasteiger partial charge in [-0.3, -0.25) is 0 Å². The second-order valence-corrected chi connectivity index (χ2v) is 13.8. The molecule has 9 heteroatoms. The lowest BCUT2D eigenvalue weighted by molar-refractivity contribution is 0.164. The summed E-state index contributed by atoms with van der Waals surface area (Å²) in [5.74, 6) is 0. The molecule has 168 valence electrons. The molecule has 0 unspecified atom stereocenters. The summed E-state index contributed by atoms with van der Waals surface area (Å²) in [7, 11) is -6.81. The van der Waals surface area contributed by atoms with Crippen LogP contribution < -0.4 is 20.2 Å². The molecule has 2 aromatic rings. The second-order valence-electron chi connectivity index (χ2n) is 8.25. The summed E-state index contributed by atoms with van der Waals surface area (Å²) in [4.78, 5) is 11.4. The van der Waals surface area contributed by atoms with Gasteiger partial charge < -0.3 is 9.16 Å². The van der Waals surface area contributed by atoms with Crippen LogP contribution in [0.2, 0.25) is 5.04 Å². The maximum atomic E-state index is 11.4. The fourth-order valence-electron chi connectivity index (χ4n) is 3.45. The van der Waals surface area contributed by atoms with E-state index in [1.165, 1.54) is 10.4 Å². The highest BCUT2D eigenvalue weighted by molar-refractivity contribution is 7.87. The number of carbonyl (C=O) groups is 1. The summed E-state index contributed by atoms with van der Waals surface area (Å²) >= 11 is 0. The number of nitrogens with two attached hydrogens (primary N) is 1. The van der Waals surface area contributed by atoms with Crippen molar-refractivity contribution in [2.75, 3.05) is 13.2 Å². The van der Waals surface area contributed by atoms with Crippen LogP contribution in [-0.4, -0.2) is 36.0 Å². The van der Waals surface area contributed by atoms with E-state index in [1.54, 1.807) is 10.8 Å². The van der Waals surface area contributed by atoms with E-state index in [1.807, 2.05) is 43.3 Å². The molecule has 0 aromatic heterocycles. The van der Waals surface area contributed by atoms with Crippen LogP contribution in [0.5, 0.6) is 0 Å². The molecule has 2 aromatic carbocycles. The molecule has 0 bridgehead atoms. The van der Waals surface area contributed by atoms with Crippen LogP contribution in [0.4, 0.5) is 4.79 Å². The number of benzene rings is 2. The van der Waals surface area contributed by atoms with E-state index in [9.17, 15) is 13.2 Å². The first-order valence-corrected chi connectivity index (χ1v) is 13.3. The van der Waals surface area contributed by atoms with Gasteiger partial charge in [0.2, 0.25) is 0 Å². The molecule has 1 amide bonds. The number of hydrogen-bond donors (Lipinski definition) is 2. The van der Waals surface area contributed by atoms with Crippen molar-refractivity contribution in [3.05, 3.63) is 72.3 Å². The van der Waals surface area contributed by atoms with Crippen molar-refractivity contribution in [2.45, 2.75) is 32.7 Å². The molecule has 0 aliphatic rings. The highest BCUT2D eigenvalue weighted by atomic mass is 32.2. The summed E-state index contributed by atoms with van der Waals surface area (Å²) in [6, 6.07) is 20.5. The van der Waals surface area contributed by atoms with Gasteiger partial charge in [0.15, 0.2) is 0 Å². The molecule has 0 heterocycles. The first-order chi connectivity index (χ1) is 14.5. The van der Waals surface area contributed by atoms with E-state index in [2.05, 4.69) is 45.0 Å². The van der Waals surface area contributed by atoms with Gasteiger partial charge in [-0.1, -0.05) is 81.4 Å². The molecule has 2 rings (SSSR count). The number of nitrogens with one attached hydrogen (secondary N) is 1. The molecule has 0 fully saturated rings. The summed E-state index contributed by atoms with van der Waals surface area (Å²) in [5.41, 5.74) is 0.858. The van der Waals surface area contributed by atoms with Gasteiger partial charge >= 0.3 is 16.3 Å². The smallest absolute Gasteiger partial charge is 0.422 e. The molecule has 0 atom stereocenters. The minimum Gasteiger partial charge on any atom is -0.445 e. The van der Waals surface area contributed by atoms with Crippen molar-refractivity contribution in [3.63, 3.8) is 0 Å². The Bertz CT molecular complexity index is 964. The Morgan fingerprint density at radius 2 is 1.52 bits per heavy atom. The fraction of sp³-hybridized carbons (Fsp3) is 0.318. The molecule has 0 saturated heterocycles. The SMILES string of the molecule is C/C(=C\COC(=O)NS(N)(=O)=O)CO[Si](c1ccccc1)(c1ccccc1)C(C)(C)C. The van der Waals surface area contributed by atoms with Crippen LogP contribution in [0.15, 0.2) is 72.3 Å². The Hall–Kier alpha value is -2.46. The Morgan fingerprint density at radius 1 is 1.03 bits per heavy atom. The summed E-state index contributed by atoms with van der Waals surface area (Å²) in [5, 5.41) is 6.94. The van der Waals surface area contributed by atoms with Crippen molar-refractivity contribution in [1.29, 1.82) is 0 Å². The van der Waals surface area contributed by atoms with E-state index in [4.69, 9.17) is 14.3 Å². The third-order valence-electron chi connectivity index (χ3n) is 4.80. The number of rotatable bonds is 8. The maximum Gasteiger partial charge on any atom is 0.422 e. The summed E-state index contributed by atoms with van der Waals surface area (Å²) in [6.45, 7) is 8.69. The van der Waals surface area contributed by atoms with Crippen LogP contribution in [0.25, 0.3) is 0 Å². The fourth-order valence-corrected chi connectivity index (χ4v) is 8.34. The van der Waals surface area contributed by atoms with Crippen LogP contribution in [0.3, 0.4) is 0 Å². The molecular formula is C22H30N2O5SSi. The summed E-state index contributed by atoms with van der Waals surface area (Å²) in [6.07, 6.45) is 0.556. The average Bonchev–Trinajstić information content (AvgIpc) is 2.67. The van der Waals surface area contributed by atoms with E-state index in [0.717, 1.165) is 5.57 Å². The zero-order valence-corrected chi connectivity index (χ0v) is 20.1. The number of amides is 1. The van der Waals surface area contributed by atoms with Crippen LogP contribution in [-0.2, 0) is 19.4 Å². The number of hydrogen-bond acceptors (Lipinski definition) is 5. The molecule has 7 nitrogen and oxygen atoms in total. The number of carbonyl (C=O) groups excluding carboxylic acids is 1. The minimum absolute atomic E-state index is 0.0999. The molecule has 31 heavy (non-hydrogen) atoms. The highest BCUT2D eigenvalue weighted by Crippen LogP contribution is 2.36. The number of ether oxygens (including phenoxy) is 1. The van der Waals surface area contributed by atoms with E-state index in [-0.39, 0.29) is 11.6 Å². The van der Waals surface area contributed by atoms with E-state index in [0.29, 0.717) is 6.61 Å². The van der Waals surface area contributed by atoms with Gasteiger partial charge in [0.25, 0.3) is 8.32 Å². The molecule has 0 radical (unpaired) electrons. The topological polar surface area (TPSA) is 108 Å².